The Morgan fingerprint density at radius 2 is 1.62 bits per heavy atom. The fraction of sp³-hybridized carbons (Fsp3) is 0.417. The first kappa shape index (κ1) is 25.5. The summed E-state index contributed by atoms with van der Waals surface area (Å²) in [6.45, 7) is 3.55. The maximum Gasteiger partial charge on any atom is 0.269 e. The Bertz CT molecular complexity index is 1110. The first-order valence-electron chi connectivity index (χ1n) is 11.4. The van der Waals surface area contributed by atoms with Gasteiger partial charge in [-0.3, -0.25) is 20.4 Å². The largest absolute Gasteiger partial charge is 0.493 e. The van der Waals surface area contributed by atoms with Gasteiger partial charge in [0.25, 0.3) is 11.8 Å². The average Bonchev–Trinajstić information content (AvgIpc) is 2.87. The van der Waals surface area contributed by atoms with Crippen LogP contribution in [-0.4, -0.2) is 51.3 Å². The molecule has 0 bridgehead atoms. The summed E-state index contributed by atoms with van der Waals surface area (Å²) in [5, 5.41) is 0. The van der Waals surface area contributed by atoms with Crippen molar-refractivity contribution in [1.82, 2.24) is 15.2 Å². The van der Waals surface area contributed by atoms with Gasteiger partial charge < -0.3 is 9.47 Å². The summed E-state index contributed by atoms with van der Waals surface area (Å²) in [6, 6.07) is 10.5. The zero-order chi connectivity index (χ0) is 24.6. The lowest BCUT2D eigenvalue weighted by molar-refractivity contribution is 0.0846. The van der Waals surface area contributed by atoms with Gasteiger partial charge in [0, 0.05) is 24.2 Å². The lowest BCUT2D eigenvalue weighted by Gasteiger charge is -2.26. The molecule has 34 heavy (non-hydrogen) atoms. The molecule has 1 fully saturated rings. The number of sulfonamides is 1. The van der Waals surface area contributed by atoms with Gasteiger partial charge in [0.2, 0.25) is 10.0 Å². The number of piperidine rings is 1. The molecule has 1 heterocycles. The summed E-state index contributed by atoms with van der Waals surface area (Å²) in [5.74, 6) is -0.242. The molecule has 0 spiro atoms. The first-order valence-corrected chi connectivity index (χ1v) is 12.8. The second kappa shape index (κ2) is 11.8. The molecular weight excluding hydrogens is 458 g/mol. The van der Waals surface area contributed by atoms with Gasteiger partial charge in [0.1, 0.15) is 0 Å². The van der Waals surface area contributed by atoms with E-state index in [1.807, 2.05) is 0 Å². The van der Waals surface area contributed by atoms with Gasteiger partial charge in [0.05, 0.1) is 18.6 Å². The van der Waals surface area contributed by atoms with Crippen molar-refractivity contribution in [3.63, 3.8) is 0 Å². The Hall–Kier alpha value is -3.11. The van der Waals surface area contributed by atoms with Gasteiger partial charge in [-0.15, -0.1) is 0 Å². The lowest BCUT2D eigenvalue weighted by atomic mass is 10.2. The van der Waals surface area contributed by atoms with Crippen LogP contribution in [0.15, 0.2) is 47.4 Å². The third-order valence-corrected chi connectivity index (χ3v) is 7.41. The molecular formula is C24H31N3O6S. The number of nitrogens with one attached hydrogen (secondary N) is 2. The van der Waals surface area contributed by atoms with E-state index in [2.05, 4.69) is 17.8 Å². The second-order valence-corrected chi connectivity index (χ2v) is 9.91. The molecule has 0 unspecified atom stereocenters. The van der Waals surface area contributed by atoms with Crippen LogP contribution in [0.2, 0.25) is 0 Å². The number of carbonyl (C=O) groups excluding carboxylic acids is 2. The highest BCUT2D eigenvalue weighted by Gasteiger charge is 2.26. The highest BCUT2D eigenvalue weighted by molar-refractivity contribution is 7.89. The standard InChI is InChI=1S/C24H31N3O6S/c1-3-4-15-33-21-12-11-19(17-22(21)32-2)24(29)26-25-23(28)18-9-8-10-20(16-18)34(30,31)27-13-6-5-7-14-27/h8-12,16-17H,3-7,13-15H2,1-2H3,(H,25,28)(H,26,29). The van der Waals surface area contributed by atoms with Gasteiger partial charge in [0.15, 0.2) is 11.5 Å². The zero-order valence-corrected chi connectivity index (χ0v) is 20.3. The van der Waals surface area contributed by atoms with E-state index in [0.717, 1.165) is 32.1 Å². The molecule has 9 nitrogen and oxygen atoms in total. The highest BCUT2D eigenvalue weighted by Crippen LogP contribution is 2.28. The number of nitrogens with zero attached hydrogens (tertiary/aromatic N) is 1. The lowest BCUT2D eigenvalue weighted by Crippen LogP contribution is -2.41. The van der Waals surface area contributed by atoms with Gasteiger partial charge in [-0.2, -0.15) is 4.31 Å². The van der Waals surface area contributed by atoms with Crippen molar-refractivity contribution in [2.75, 3.05) is 26.8 Å². The van der Waals surface area contributed by atoms with E-state index in [0.29, 0.717) is 31.2 Å². The third kappa shape index (κ3) is 6.27. The van der Waals surface area contributed by atoms with Crippen molar-refractivity contribution in [3.8, 4) is 11.5 Å². The summed E-state index contributed by atoms with van der Waals surface area (Å²) in [6.07, 6.45) is 4.55. The molecule has 0 saturated carbocycles. The van der Waals surface area contributed by atoms with Crippen LogP contribution in [-0.2, 0) is 10.0 Å². The number of hydrazine groups is 1. The number of benzene rings is 2. The zero-order valence-electron chi connectivity index (χ0n) is 19.5. The predicted octanol–water partition coefficient (Wildman–Crippen LogP) is 3.12. The van der Waals surface area contributed by atoms with Crippen molar-refractivity contribution >= 4 is 21.8 Å². The van der Waals surface area contributed by atoms with Crippen molar-refractivity contribution in [2.24, 2.45) is 0 Å². The van der Waals surface area contributed by atoms with Crippen LogP contribution in [0.4, 0.5) is 0 Å². The molecule has 2 aromatic carbocycles. The Kier molecular flexibility index (Phi) is 8.89. The molecule has 1 aliphatic rings. The van der Waals surface area contributed by atoms with Crippen molar-refractivity contribution in [3.05, 3.63) is 53.6 Å². The summed E-state index contributed by atoms with van der Waals surface area (Å²) < 4.78 is 38.2. The molecule has 0 atom stereocenters. The summed E-state index contributed by atoms with van der Waals surface area (Å²) >= 11 is 0. The average molecular weight is 490 g/mol. The number of rotatable bonds is 9. The van der Waals surface area contributed by atoms with Crippen molar-refractivity contribution < 1.29 is 27.5 Å². The quantitative estimate of drug-likeness (QED) is 0.413. The van der Waals surface area contributed by atoms with Crippen LogP contribution in [0.1, 0.15) is 59.7 Å². The van der Waals surface area contributed by atoms with E-state index < -0.39 is 21.8 Å². The van der Waals surface area contributed by atoms with E-state index in [1.54, 1.807) is 12.1 Å². The van der Waals surface area contributed by atoms with Gasteiger partial charge >= 0.3 is 0 Å². The maximum absolute atomic E-state index is 12.9. The maximum atomic E-state index is 12.9. The Labute approximate surface area is 200 Å². The molecule has 2 amide bonds. The number of hydrogen-bond donors (Lipinski definition) is 2. The first-order chi connectivity index (χ1) is 16.4. The summed E-state index contributed by atoms with van der Waals surface area (Å²) in [7, 11) is -2.19. The van der Waals surface area contributed by atoms with E-state index >= 15 is 0 Å². The number of carbonyl (C=O) groups is 2. The van der Waals surface area contributed by atoms with Gasteiger partial charge in [-0.1, -0.05) is 25.8 Å². The van der Waals surface area contributed by atoms with Crippen LogP contribution in [0.3, 0.4) is 0 Å². The Balaban J connectivity index is 1.64. The molecule has 10 heteroatoms. The fourth-order valence-corrected chi connectivity index (χ4v) is 5.13. The van der Waals surface area contributed by atoms with Gasteiger partial charge in [-0.05, 0) is 55.7 Å². The fourth-order valence-electron chi connectivity index (χ4n) is 3.56. The number of ether oxygens (including phenoxy) is 2. The van der Waals surface area contributed by atoms with Crippen molar-refractivity contribution in [2.45, 2.75) is 43.9 Å². The van der Waals surface area contributed by atoms with Crippen LogP contribution in [0.5, 0.6) is 11.5 Å². The number of unbranched alkanes of at least 4 members (excludes halogenated alkanes) is 1. The Morgan fingerprint density at radius 1 is 0.941 bits per heavy atom. The highest BCUT2D eigenvalue weighted by atomic mass is 32.2. The molecule has 3 rings (SSSR count). The topological polar surface area (TPSA) is 114 Å². The van der Waals surface area contributed by atoms with Crippen LogP contribution < -0.4 is 20.3 Å². The molecule has 2 aromatic rings. The molecule has 0 radical (unpaired) electrons. The molecule has 2 N–H and O–H groups in total. The SMILES string of the molecule is CCCCOc1ccc(C(=O)NNC(=O)c2cccc(S(=O)(=O)N3CCCCC3)c2)cc1OC. The monoisotopic (exact) mass is 489 g/mol. The van der Waals surface area contributed by atoms with E-state index in [-0.39, 0.29) is 16.0 Å². The third-order valence-electron chi connectivity index (χ3n) is 5.52. The van der Waals surface area contributed by atoms with E-state index in [9.17, 15) is 18.0 Å². The summed E-state index contributed by atoms with van der Waals surface area (Å²) in [5.41, 5.74) is 5.06. The molecule has 1 saturated heterocycles. The van der Waals surface area contributed by atoms with Crippen LogP contribution in [0.25, 0.3) is 0 Å². The van der Waals surface area contributed by atoms with Crippen LogP contribution >= 0.6 is 0 Å². The minimum absolute atomic E-state index is 0.0526. The van der Waals surface area contributed by atoms with Gasteiger partial charge in [-0.25, -0.2) is 8.42 Å². The predicted molar refractivity (Wildman–Crippen MR) is 127 cm³/mol. The molecule has 0 aliphatic carbocycles. The smallest absolute Gasteiger partial charge is 0.269 e. The van der Waals surface area contributed by atoms with E-state index in [1.165, 1.54) is 41.7 Å². The second-order valence-electron chi connectivity index (χ2n) is 7.97. The number of amides is 2. The molecule has 184 valence electrons. The van der Waals surface area contributed by atoms with E-state index in [4.69, 9.17) is 9.47 Å². The summed E-state index contributed by atoms with van der Waals surface area (Å²) in [4.78, 5) is 25.2. The van der Waals surface area contributed by atoms with Crippen LogP contribution in [0, 0.1) is 0 Å². The Morgan fingerprint density at radius 3 is 2.26 bits per heavy atom. The number of hydrogen-bond acceptors (Lipinski definition) is 6. The molecule has 0 aromatic heterocycles. The normalized spacial score (nSPS) is 14.3. The minimum atomic E-state index is -3.67. The number of methoxy groups -OCH3 is 1. The van der Waals surface area contributed by atoms with Crippen molar-refractivity contribution in [1.29, 1.82) is 0 Å². The molecule has 1 aliphatic heterocycles. The minimum Gasteiger partial charge on any atom is -0.493 e.